The summed E-state index contributed by atoms with van der Waals surface area (Å²) < 4.78 is 1.50. The zero-order valence-corrected chi connectivity index (χ0v) is 12.8. The first kappa shape index (κ1) is 17.6. The predicted octanol–water partition coefficient (Wildman–Crippen LogP) is 1.11. The van der Waals surface area contributed by atoms with E-state index in [1.165, 1.54) is 10.8 Å². The van der Waals surface area contributed by atoms with Crippen molar-refractivity contribution in [2.45, 2.75) is 46.2 Å². The monoisotopic (exact) mass is 312 g/mol. The average Bonchev–Trinajstić information content (AvgIpc) is 2.83. The van der Waals surface area contributed by atoms with E-state index in [1.54, 1.807) is 13.8 Å². The van der Waals surface area contributed by atoms with E-state index >= 15 is 0 Å². The van der Waals surface area contributed by atoms with Crippen LogP contribution in [0.2, 0.25) is 0 Å². The van der Waals surface area contributed by atoms with Crippen molar-refractivity contribution >= 4 is 17.7 Å². The van der Waals surface area contributed by atoms with Crippen LogP contribution < -0.4 is 5.32 Å². The molecule has 0 aromatic carbocycles. The van der Waals surface area contributed by atoms with Crippen LogP contribution in [-0.2, 0) is 16.1 Å². The third kappa shape index (κ3) is 4.54. The van der Waals surface area contributed by atoms with Gasteiger partial charge in [0.25, 0.3) is 0 Å². The summed E-state index contributed by atoms with van der Waals surface area (Å²) in [5, 5.41) is 22.2. The molecule has 1 aromatic rings. The zero-order chi connectivity index (χ0) is 16.9. The van der Waals surface area contributed by atoms with Crippen molar-refractivity contribution < 1.29 is 19.6 Å². The summed E-state index contributed by atoms with van der Waals surface area (Å²) in [5.41, 5.74) is 0. The lowest BCUT2D eigenvalue weighted by Gasteiger charge is -2.20. The Kier molecular flexibility index (Phi) is 6.02. The summed E-state index contributed by atoms with van der Waals surface area (Å²) in [4.78, 5) is 36.8. The van der Waals surface area contributed by atoms with E-state index in [1.807, 2.05) is 6.92 Å². The molecule has 22 heavy (non-hydrogen) atoms. The molecular formula is C13H20N4O5. The van der Waals surface area contributed by atoms with Crippen LogP contribution in [0.5, 0.6) is 0 Å². The smallest absolute Gasteiger partial charge is 0.381 e. The summed E-state index contributed by atoms with van der Waals surface area (Å²) in [6.45, 7) is 5.40. The largest absolute Gasteiger partial charge is 0.480 e. The van der Waals surface area contributed by atoms with Crippen LogP contribution in [-0.4, -0.2) is 37.5 Å². The highest BCUT2D eigenvalue weighted by atomic mass is 16.6. The van der Waals surface area contributed by atoms with Gasteiger partial charge in [0.2, 0.25) is 11.7 Å². The van der Waals surface area contributed by atoms with Crippen LogP contribution in [0.25, 0.3) is 0 Å². The fourth-order valence-electron chi connectivity index (χ4n) is 1.96. The number of hydrogen-bond acceptors (Lipinski definition) is 5. The lowest BCUT2D eigenvalue weighted by atomic mass is 9.99. The van der Waals surface area contributed by atoms with Gasteiger partial charge >= 0.3 is 11.8 Å². The second-order valence-corrected chi connectivity index (χ2v) is 5.12. The van der Waals surface area contributed by atoms with Gasteiger partial charge in [-0.05, 0) is 15.8 Å². The van der Waals surface area contributed by atoms with E-state index < -0.39 is 22.8 Å². The average molecular weight is 312 g/mol. The first-order chi connectivity index (χ1) is 10.3. The Morgan fingerprint density at radius 1 is 1.55 bits per heavy atom. The molecule has 122 valence electrons. The Bertz CT molecular complexity index is 569. The number of nitrogens with one attached hydrogen (secondary N) is 1. The van der Waals surface area contributed by atoms with E-state index in [9.17, 15) is 19.7 Å². The van der Waals surface area contributed by atoms with Crippen LogP contribution in [0.1, 0.15) is 32.5 Å². The van der Waals surface area contributed by atoms with Gasteiger partial charge in [0, 0.05) is 19.9 Å². The number of amides is 1. The highest BCUT2D eigenvalue weighted by molar-refractivity contribution is 5.83. The number of imidazole rings is 1. The summed E-state index contributed by atoms with van der Waals surface area (Å²) in [7, 11) is 0. The molecule has 1 amide bonds. The molecule has 0 aliphatic heterocycles. The van der Waals surface area contributed by atoms with E-state index in [0.717, 1.165) is 0 Å². The number of carboxylic acid groups (broad SMARTS) is 1. The zero-order valence-electron chi connectivity index (χ0n) is 12.8. The normalized spacial score (nSPS) is 13.4. The molecule has 2 atom stereocenters. The second kappa shape index (κ2) is 7.53. The SMILES string of the molecule is CC[C@H](C)[C@H](NC(=O)CCn1cc([N+](=O)[O-])nc1C)C(=O)O. The van der Waals surface area contributed by atoms with Gasteiger partial charge in [0.05, 0.1) is 0 Å². The fourth-order valence-corrected chi connectivity index (χ4v) is 1.96. The molecule has 0 aliphatic carbocycles. The minimum absolute atomic E-state index is 0.0224. The molecule has 1 heterocycles. The summed E-state index contributed by atoms with van der Waals surface area (Å²) >= 11 is 0. The quantitative estimate of drug-likeness (QED) is 0.546. The number of hydrogen-bond donors (Lipinski definition) is 2. The Balaban J connectivity index is 2.62. The van der Waals surface area contributed by atoms with Crippen LogP contribution in [0.4, 0.5) is 5.82 Å². The van der Waals surface area contributed by atoms with Gasteiger partial charge in [0.15, 0.2) is 0 Å². The Labute approximate surface area is 127 Å². The molecule has 0 fully saturated rings. The number of carbonyl (C=O) groups excluding carboxylic acids is 1. The maximum absolute atomic E-state index is 11.9. The summed E-state index contributed by atoms with van der Waals surface area (Å²) in [5.74, 6) is -1.52. The van der Waals surface area contributed by atoms with Crippen molar-refractivity contribution in [1.82, 2.24) is 14.9 Å². The molecule has 2 N–H and O–H groups in total. The second-order valence-electron chi connectivity index (χ2n) is 5.12. The van der Waals surface area contributed by atoms with Crippen molar-refractivity contribution in [1.29, 1.82) is 0 Å². The highest BCUT2D eigenvalue weighted by Gasteiger charge is 2.25. The maximum atomic E-state index is 11.9. The first-order valence-corrected chi connectivity index (χ1v) is 6.96. The fraction of sp³-hybridized carbons (Fsp3) is 0.615. The lowest BCUT2D eigenvalue weighted by Crippen LogP contribution is -2.45. The van der Waals surface area contributed by atoms with Crippen LogP contribution in [0.15, 0.2) is 6.20 Å². The molecule has 0 spiro atoms. The number of rotatable bonds is 8. The summed E-state index contributed by atoms with van der Waals surface area (Å²) in [6.07, 6.45) is 1.91. The highest BCUT2D eigenvalue weighted by Crippen LogP contribution is 2.11. The van der Waals surface area contributed by atoms with Gasteiger partial charge < -0.3 is 25.1 Å². The molecule has 0 aliphatic rings. The molecule has 1 rings (SSSR count). The molecule has 0 saturated heterocycles. The minimum Gasteiger partial charge on any atom is -0.480 e. The van der Waals surface area contributed by atoms with Gasteiger partial charge in [-0.1, -0.05) is 20.3 Å². The van der Waals surface area contributed by atoms with Gasteiger partial charge in [-0.2, -0.15) is 0 Å². The van der Waals surface area contributed by atoms with Gasteiger partial charge in [-0.15, -0.1) is 0 Å². The number of carbonyl (C=O) groups is 2. The number of aliphatic carboxylic acids is 1. The van der Waals surface area contributed by atoms with Crippen LogP contribution in [0.3, 0.4) is 0 Å². The van der Waals surface area contributed by atoms with E-state index in [0.29, 0.717) is 12.2 Å². The molecule has 0 radical (unpaired) electrons. The van der Waals surface area contributed by atoms with Crippen LogP contribution in [0, 0.1) is 23.0 Å². The summed E-state index contributed by atoms with van der Waals surface area (Å²) in [6, 6.07) is -0.935. The minimum atomic E-state index is -1.07. The molecule has 0 saturated carbocycles. The third-order valence-corrected chi connectivity index (χ3v) is 3.53. The maximum Gasteiger partial charge on any atom is 0.381 e. The van der Waals surface area contributed by atoms with Gasteiger partial charge in [-0.3, -0.25) is 4.79 Å². The van der Waals surface area contributed by atoms with Crippen molar-refractivity contribution in [3.05, 3.63) is 22.1 Å². The molecular weight excluding hydrogens is 292 g/mol. The molecule has 9 heteroatoms. The van der Waals surface area contributed by atoms with E-state index in [4.69, 9.17) is 5.11 Å². The van der Waals surface area contributed by atoms with Crippen molar-refractivity contribution in [2.24, 2.45) is 5.92 Å². The van der Waals surface area contributed by atoms with Gasteiger partial charge in [0.1, 0.15) is 12.2 Å². The van der Waals surface area contributed by atoms with Crippen molar-refractivity contribution in [3.63, 3.8) is 0 Å². The number of carboxylic acids is 1. The number of nitro groups is 1. The predicted molar refractivity (Wildman–Crippen MR) is 77.3 cm³/mol. The van der Waals surface area contributed by atoms with Crippen molar-refractivity contribution in [2.75, 3.05) is 0 Å². The lowest BCUT2D eigenvalue weighted by molar-refractivity contribution is -0.389. The standard InChI is InChI=1S/C13H20N4O5/c1-4-8(2)12(13(19)20)15-11(18)5-6-16-7-10(17(21)22)14-9(16)3/h7-8,12H,4-6H2,1-3H3,(H,15,18)(H,19,20)/t8-,12-/m0/s1. The number of aromatic nitrogens is 2. The van der Waals surface area contributed by atoms with Crippen molar-refractivity contribution in [3.8, 4) is 0 Å². The Hall–Kier alpha value is -2.45. The third-order valence-electron chi connectivity index (χ3n) is 3.53. The first-order valence-electron chi connectivity index (χ1n) is 6.96. The van der Waals surface area contributed by atoms with E-state index in [-0.39, 0.29) is 24.7 Å². The molecule has 1 aromatic heterocycles. The Morgan fingerprint density at radius 2 is 2.18 bits per heavy atom. The molecule has 0 bridgehead atoms. The molecule has 9 nitrogen and oxygen atoms in total. The van der Waals surface area contributed by atoms with Crippen LogP contribution >= 0.6 is 0 Å². The topological polar surface area (TPSA) is 127 Å². The molecule has 0 unspecified atom stereocenters. The number of nitrogens with zero attached hydrogens (tertiary/aromatic N) is 3. The van der Waals surface area contributed by atoms with E-state index in [2.05, 4.69) is 10.3 Å². The number of aryl methyl sites for hydroxylation is 2. The Morgan fingerprint density at radius 3 is 2.64 bits per heavy atom. The van der Waals surface area contributed by atoms with Gasteiger partial charge in [-0.25, -0.2) is 4.79 Å².